The van der Waals surface area contributed by atoms with E-state index in [-0.39, 0.29) is 5.91 Å². The van der Waals surface area contributed by atoms with Gasteiger partial charge >= 0.3 is 0 Å². The molecular weight excluding hydrogens is 312 g/mol. The fraction of sp³-hybridized carbons (Fsp3) is 0.143. The van der Waals surface area contributed by atoms with Crippen LogP contribution in [-0.2, 0) is 11.2 Å². The van der Waals surface area contributed by atoms with Crippen molar-refractivity contribution in [3.8, 4) is 0 Å². The molecule has 102 valence electrons. The lowest BCUT2D eigenvalue weighted by atomic mass is 10.2. The first kappa shape index (κ1) is 13.5. The molecule has 3 nitrogen and oxygen atoms in total. The second-order valence-corrected chi connectivity index (χ2v) is 7.38. The predicted octanol–water partition coefficient (Wildman–Crippen LogP) is 4.50. The molecule has 0 unspecified atom stereocenters. The van der Waals surface area contributed by atoms with Crippen LogP contribution in [0.5, 0.6) is 0 Å². The second-order valence-electron chi connectivity index (χ2n) is 4.35. The Morgan fingerprint density at radius 1 is 1.30 bits per heavy atom. The highest BCUT2D eigenvalue weighted by Gasteiger charge is 2.08. The lowest BCUT2D eigenvalue weighted by Crippen LogP contribution is -2.13. The predicted molar refractivity (Wildman–Crippen MR) is 86.0 cm³/mol. The third-order valence-electron chi connectivity index (χ3n) is 2.74. The molecule has 3 rings (SSSR count). The van der Waals surface area contributed by atoms with Crippen molar-refractivity contribution in [3.05, 3.63) is 44.6 Å². The molecule has 1 aromatic carbocycles. The summed E-state index contributed by atoms with van der Waals surface area (Å²) in [5.41, 5.74) is 1.69. The van der Waals surface area contributed by atoms with E-state index in [1.165, 1.54) is 11.3 Å². The van der Waals surface area contributed by atoms with Gasteiger partial charge in [0.25, 0.3) is 0 Å². The lowest BCUT2D eigenvalue weighted by Gasteiger charge is -2.03. The minimum atomic E-state index is -0.0465. The number of carbonyl (C=O) groups is 1. The number of aryl methyl sites for hydroxylation is 1. The molecule has 2 aromatic heterocycles. The Labute approximate surface area is 129 Å². The van der Waals surface area contributed by atoms with E-state index in [4.69, 9.17) is 11.6 Å². The first-order valence-electron chi connectivity index (χ1n) is 6.01. The van der Waals surface area contributed by atoms with Crippen molar-refractivity contribution in [1.29, 1.82) is 0 Å². The molecule has 0 spiro atoms. The minimum Gasteiger partial charge on any atom is -0.326 e. The van der Waals surface area contributed by atoms with Gasteiger partial charge in [0.05, 0.1) is 26.0 Å². The van der Waals surface area contributed by atoms with Crippen LogP contribution >= 0.6 is 34.3 Å². The number of rotatable bonds is 3. The summed E-state index contributed by atoms with van der Waals surface area (Å²) in [6.07, 6.45) is 0.339. The summed E-state index contributed by atoms with van der Waals surface area (Å²) in [4.78, 5) is 17.3. The van der Waals surface area contributed by atoms with Crippen molar-refractivity contribution >= 4 is 56.1 Å². The highest BCUT2D eigenvalue weighted by atomic mass is 35.5. The lowest BCUT2D eigenvalue weighted by molar-refractivity contribution is -0.115. The highest BCUT2D eigenvalue weighted by Crippen LogP contribution is 2.25. The van der Waals surface area contributed by atoms with E-state index < -0.39 is 0 Å². The van der Waals surface area contributed by atoms with Crippen LogP contribution in [-0.4, -0.2) is 10.9 Å². The number of thiophene rings is 1. The molecule has 3 aromatic rings. The van der Waals surface area contributed by atoms with Gasteiger partial charge in [0, 0.05) is 10.6 Å². The van der Waals surface area contributed by atoms with E-state index in [2.05, 4.69) is 10.3 Å². The molecule has 0 saturated heterocycles. The zero-order valence-corrected chi connectivity index (χ0v) is 13.0. The maximum Gasteiger partial charge on any atom is 0.229 e. The number of nitrogens with one attached hydrogen (secondary N) is 1. The van der Waals surface area contributed by atoms with Crippen molar-refractivity contribution in [2.45, 2.75) is 13.3 Å². The van der Waals surface area contributed by atoms with Crippen molar-refractivity contribution in [2.75, 3.05) is 5.32 Å². The standard InChI is InChI=1S/C14H11ClN2OS2/c1-8-16-11-6-9(2-4-12(11)19-8)17-14(18)7-10-3-5-13(15)20-10/h2-6H,7H2,1H3,(H,17,18). The molecule has 1 amide bonds. The Hall–Kier alpha value is -1.43. The fourth-order valence-corrected chi connectivity index (χ4v) is 3.82. The quantitative estimate of drug-likeness (QED) is 0.771. The van der Waals surface area contributed by atoms with Crippen molar-refractivity contribution in [2.24, 2.45) is 0 Å². The summed E-state index contributed by atoms with van der Waals surface area (Å²) in [5.74, 6) is -0.0465. The summed E-state index contributed by atoms with van der Waals surface area (Å²) in [6, 6.07) is 9.47. The van der Waals surface area contributed by atoms with E-state index in [1.54, 1.807) is 17.4 Å². The summed E-state index contributed by atoms with van der Waals surface area (Å²) >= 11 is 8.93. The van der Waals surface area contributed by atoms with E-state index in [0.29, 0.717) is 10.8 Å². The normalized spacial score (nSPS) is 10.9. The Bertz CT molecular complexity index is 778. The number of hydrogen-bond acceptors (Lipinski definition) is 4. The summed E-state index contributed by atoms with van der Waals surface area (Å²) < 4.78 is 1.83. The van der Waals surface area contributed by atoms with Crippen LogP contribution in [0.25, 0.3) is 10.2 Å². The van der Waals surface area contributed by atoms with Crippen molar-refractivity contribution in [3.63, 3.8) is 0 Å². The van der Waals surface area contributed by atoms with Gasteiger partial charge in [0.1, 0.15) is 0 Å². The zero-order valence-electron chi connectivity index (χ0n) is 10.6. The first-order valence-corrected chi connectivity index (χ1v) is 8.02. The molecule has 0 fully saturated rings. The van der Waals surface area contributed by atoms with Gasteiger partial charge in [-0.3, -0.25) is 4.79 Å². The SMILES string of the molecule is Cc1nc2cc(NC(=O)Cc3ccc(Cl)s3)ccc2s1. The number of nitrogens with zero attached hydrogens (tertiary/aromatic N) is 1. The number of carbonyl (C=O) groups excluding carboxylic acids is 1. The maximum absolute atomic E-state index is 12.0. The molecule has 6 heteroatoms. The van der Waals surface area contributed by atoms with Crippen LogP contribution in [0.2, 0.25) is 4.34 Å². The first-order chi connectivity index (χ1) is 9.60. The van der Waals surface area contributed by atoms with Gasteiger partial charge in [-0.05, 0) is 37.3 Å². The van der Waals surface area contributed by atoms with E-state index in [0.717, 1.165) is 25.8 Å². The third kappa shape index (κ3) is 3.00. The number of fused-ring (bicyclic) bond motifs is 1. The molecule has 0 atom stereocenters. The molecule has 0 aliphatic rings. The average Bonchev–Trinajstić information content (AvgIpc) is 2.93. The molecule has 0 bridgehead atoms. The van der Waals surface area contributed by atoms with Crippen LogP contribution in [0.15, 0.2) is 30.3 Å². The van der Waals surface area contributed by atoms with Gasteiger partial charge in [-0.1, -0.05) is 11.6 Å². The van der Waals surface area contributed by atoms with Crippen LogP contribution in [0.3, 0.4) is 0 Å². The Balaban J connectivity index is 1.73. The van der Waals surface area contributed by atoms with E-state index in [9.17, 15) is 4.79 Å². The molecular formula is C14H11ClN2OS2. The number of halogens is 1. The molecule has 0 saturated carbocycles. The van der Waals surface area contributed by atoms with Gasteiger partial charge in [-0.25, -0.2) is 4.98 Å². The average molecular weight is 323 g/mol. The van der Waals surface area contributed by atoms with Crippen LogP contribution in [0.1, 0.15) is 9.88 Å². The Kier molecular flexibility index (Phi) is 3.74. The smallest absolute Gasteiger partial charge is 0.229 e. The molecule has 1 N–H and O–H groups in total. The minimum absolute atomic E-state index is 0.0465. The largest absolute Gasteiger partial charge is 0.326 e. The number of hydrogen-bond donors (Lipinski definition) is 1. The fourth-order valence-electron chi connectivity index (χ4n) is 1.93. The second kappa shape index (κ2) is 5.52. The van der Waals surface area contributed by atoms with Crippen molar-refractivity contribution < 1.29 is 4.79 Å². The van der Waals surface area contributed by atoms with Gasteiger partial charge in [-0.2, -0.15) is 0 Å². The van der Waals surface area contributed by atoms with Gasteiger partial charge in [0.2, 0.25) is 5.91 Å². The Morgan fingerprint density at radius 2 is 2.15 bits per heavy atom. The number of aromatic nitrogens is 1. The molecule has 0 aliphatic carbocycles. The molecule has 2 heterocycles. The molecule has 20 heavy (non-hydrogen) atoms. The van der Waals surface area contributed by atoms with Gasteiger partial charge in [-0.15, -0.1) is 22.7 Å². The Morgan fingerprint density at radius 3 is 2.90 bits per heavy atom. The highest BCUT2D eigenvalue weighted by molar-refractivity contribution is 7.18. The number of thiazole rings is 1. The third-order valence-corrected chi connectivity index (χ3v) is 4.92. The molecule has 0 radical (unpaired) electrons. The van der Waals surface area contributed by atoms with E-state index in [1.807, 2.05) is 31.2 Å². The van der Waals surface area contributed by atoms with Crippen LogP contribution in [0, 0.1) is 6.92 Å². The summed E-state index contributed by atoms with van der Waals surface area (Å²) in [5, 5.41) is 3.92. The summed E-state index contributed by atoms with van der Waals surface area (Å²) in [6.45, 7) is 1.98. The topological polar surface area (TPSA) is 42.0 Å². The number of anilines is 1. The van der Waals surface area contributed by atoms with Crippen molar-refractivity contribution in [1.82, 2.24) is 4.98 Å². The monoisotopic (exact) mass is 322 g/mol. The number of benzene rings is 1. The van der Waals surface area contributed by atoms with E-state index >= 15 is 0 Å². The van der Waals surface area contributed by atoms with Crippen LogP contribution in [0.4, 0.5) is 5.69 Å². The summed E-state index contributed by atoms with van der Waals surface area (Å²) in [7, 11) is 0. The van der Waals surface area contributed by atoms with Crippen LogP contribution < -0.4 is 5.32 Å². The van der Waals surface area contributed by atoms with Gasteiger partial charge in [0.15, 0.2) is 0 Å². The number of amides is 1. The van der Waals surface area contributed by atoms with Gasteiger partial charge < -0.3 is 5.32 Å². The zero-order chi connectivity index (χ0) is 14.1. The molecule has 0 aliphatic heterocycles. The maximum atomic E-state index is 12.0.